The van der Waals surface area contributed by atoms with Crippen LogP contribution in [0.25, 0.3) is 0 Å². The Morgan fingerprint density at radius 3 is 2.85 bits per heavy atom. The van der Waals surface area contributed by atoms with E-state index in [1.165, 1.54) is 6.92 Å². The van der Waals surface area contributed by atoms with Gasteiger partial charge in [0, 0.05) is 13.3 Å². The van der Waals surface area contributed by atoms with Gasteiger partial charge in [0.05, 0.1) is 18.2 Å². The van der Waals surface area contributed by atoms with E-state index in [1.807, 2.05) is 0 Å². The fourth-order valence-electron chi connectivity index (χ4n) is 1.88. The molecule has 5 nitrogen and oxygen atoms in total. The van der Waals surface area contributed by atoms with Gasteiger partial charge in [0.25, 0.3) is 0 Å². The van der Waals surface area contributed by atoms with Crippen LogP contribution in [0.5, 0.6) is 0 Å². The molecule has 0 spiro atoms. The van der Waals surface area contributed by atoms with Crippen LogP contribution in [0.15, 0.2) is 0 Å². The Kier molecular flexibility index (Phi) is 2.02. The number of rotatable bonds is 1. The van der Waals surface area contributed by atoms with E-state index in [2.05, 4.69) is 5.32 Å². The summed E-state index contributed by atoms with van der Waals surface area (Å²) in [5.41, 5.74) is 0. The standard InChI is InChI=1S/C8H13NO4/c1-3(10)9-6-7(12)4(11)2-5-8(6)13-5/h4-8,11-12H,2H2,1H3,(H,9,10). The Bertz CT molecular complexity index is 232. The first-order valence-corrected chi connectivity index (χ1v) is 4.38. The van der Waals surface area contributed by atoms with Gasteiger partial charge < -0.3 is 20.3 Å². The molecule has 13 heavy (non-hydrogen) atoms. The van der Waals surface area contributed by atoms with Crippen LogP contribution in [0.1, 0.15) is 13.3 Å². The monoisotopic (exact) mass is 187 g/mol. The van der Waals surface area contributed by atoms with Crippen molar-refractivity contribution in [2.24, 2.45) is 0 Å². The largest absolute Gasteiger partial charge is 0.390 e. The molecule has 1 aliphatic heterocycles. The van der Waals surface area contributed by atoms with Crippen LogP contribution in [0.2, 0.25) is 0 Å². The van der Waals surface area contributed by atoms with Crippen LogP contribution in [0, 0.1) is 0 Å². The number of carbonyl (C=O) groups excluding carboxylic acids is 1. The van der Waals surface area contributed by atoms with E-state index in [4.69, 9.17) is 4.74 Å². The minimum absolute atomic E-state index is 0.00949. The number of aliphatic hydroxyl groups excluding tert-OH is 2. The molecule has 5 atom stereocenters. The number of fused-ring (bicyclic) bond motifs is 1. The number of ether oxygens (including phenoxy) is 1. The van der Waals surface area contributed by atoms with Gasteiger partial charge in [0.15, 0.2) is 0 Å². The van der Waals surface area contributed by atoms with Gasteiger partial charge >= 0.3 is 0 Å². The summed E-state index contributed by atoms with van der Waals surface area (Å²) >= 11 is 0. The fourth-order valence-corrected chi connectivity index (χ4v) is 1.88. The molecule has 2 fully saturated rings. The highest BCUT2D eigenvalue weighted by atomic mass is 16.6. The van der Waals surface area contributed by atoms with Crippen molar-refractivity contribution in [3.05, 3.63) is 0 Å². The Balaban J connectivity index is 2.03. The van der Waals surface area contributed by atoms with Crippen molar-refractivity contribution in [2.45, 2.75) is 43.8 Å². The number of carbonyl (C=O) groups is 1. The maximum absolute atomic E-state index is 10.8. The zero-order valence-corrected chi connectivity index (χ0v) is 7.30. The predicted molar refractivity (Wildman–Crippen MR) is 42.9 cm³/mol. The SMILES string of the molecule is CC(=O)NC1C(O)C(O)CC2OC21. The average Bonchev–Trinajstić information content (AvgIpc) is 2.76. The molecular formula is C8H13NO4. The first-order valence-electron chi connectivity index (χ1n) is 4.38. The van der Waals surface area contributed by atoms with Gasteiger partial charge in [-0.15, -0.1) is 0 Å². The van der Waals surface area contributed by atoms with Crippen molar-refractivity contribution in [2.75, 3.05) is 0 Å². The number of hydrogen-bond acceptors (Lipinski definition) is 4. The Morgan fingerprint density at radius 1 is 1.54 bits per heavy atom. The minimum atomic E-state index is -0.910. The van der Waals surface area contributed by atoms with E-state index < -0.39 is 18.2 Å². The second-order valence-corrected chi connectivity index (χ2v) is 3.66. The van der Waals surface area contributed by atoms with Gasteiger partial charge in [0.2, 0.25) is 5.91 Å². The molecule has 2 rings (SSSR count). The molecule has 5 unspecified atom stereocenters. The van der Waals surface area contributed by atoms with Crippen molar-refractivity contribution >= 4 is 5.91 Å². The van der Waals surface area contributed by atoms with E-state index in [-0.39, 0.29) is 18.1 Å². The third-order valence-electron chi connectivity index (χ3n) is 2.58. The summed E-state index contributed by atoms with van der Waals surface area (Å²) in [7, 11) is 0. The topological polar surface area (TPSA) is 82.1 Å². The van der Waals surface area contributed by atoms with E-state index in [1.54, 1.807) is 0 Å². The van der Waals surface area contributed by atoms with Crippen molar-refractivity contribution in [1.82, 2.24) is 5.32 Å². The molecule has 0 radical (unpaired) electrons. The van der Waals surface area contributed by atoms with Gasteiger partial charge in [-0.25, -0.2) is 0 Å². The van der Waals surface area contributed by atoms with Gasteiger partial charge in [-0.2, -0.15) is 0 Å². The zero-order chi connectivity index (χ0) is 9.59. The summed E-state index contributed by atoms with van der Waals surface area (Å²) in [6.07, 6.45) is -1.34. The number of epoxide rings is 1. The molecule has 0 aromatic carbocycles. The van der Waals surface area contributed by atoms with Crippen LogP contribution in [-0.2, 0) is 9.53 Å². The Morgan fingerprint density at radius 2 is 2.23 bits per heavy atom. The lowest BCUT2D eigenvalue weighted by Gasteiger charge is -2.29. The Hall–Kier alpha value is -0.650. The van der Waals surface area contributed by atoms with Crippen LogP contribution in [0.4, 0.5) is 0 Å². The lowest BCUT2D eigenvalue weighted by Crippen LogP contribution is -2.54. The van der Waals surface area contributed by atoms with Crippen LogP contribution >= 0.6 is 0 Å². The molecule has 1 saturated carbocycles. The Labute approximate surface area is 75.7 Å². The molecule has 2 aliphatic rings. The highest BCUT2D eigenvalue weighted by molar-refractivity contribution is 5.73. The molecule has 0 bridgehead atoms. The first-order chi connectivity index (χ1) is 6.09. The smallest absolute Gasteiger partial charge is 0.217 e. The molecule has 74 valence electrons. The lowest BCUT2D eigenvalue weighted by molar-refractivity contribution is -0.121. The van der Waals surface area contributed by atoms with Crippen LogP contribution in [0.3, 0.4) is 0 Å². The summed E-state index contributed by atoms with van der Waals surface area (Å²) in [6, 6.07) is -0.453. The van der Waals surface area contributed by atoms with E-state index >= 15 is 0 Å². The van der Waals surface area contributed by atoms with Gasteiger partial charge in [-0.1, -0.05) is 0 Å². The maximum atomic E-state index is 10.8. The third-order valence-corrected chi connectivity index (χ3v) is 2.58. The van der Waals surface area contributed by atoms with Crippen molar-refractivity contribution in [3.8, 4) is 0 Å². The number of hydrogen-bond donors (Lipinski definition) is 3. The summed E-state index contributed by atoms with van der Waals surface area (Å²) < 4.78 is 5.20. The first kappa shape index (κ1) is 8.93. The lowest BCUT2D eigenvalue weighted by atomic mass is 9.90. The van der Waals surface area contributed by atoms with E-state index in [9.17, 15) is 15.0 Å². The van der Waals surface area contributed by atoms with Crippen LogP contribution in [-0.4, -0.2) is 46.6 Å². The van der Waals surface area contributed by atoms with Crippen molar-refractivity contribution < 1.29 is 19.7 Å². The van der Waals surface area contributed by atoms with Crippen molar-refractivity contribution in [3.63, 3.8) is 0 Å². The number of nitrogens with one attached hydrogen (secondary N) is 1. The number of amides is 1. The molecule has 0 aromatic rings. The summed E-state index contributed by atoms with van der Waals surface area (Å²) in [5, 5.41) is 21.5. The van der Waals surface area contributed by atoms with Crippen LogP contribution < -0.4 is 5.32 Å². The van der Waals surface area contributed by atoms with E-state index in [0.29, 0.717) is 6.42 Å². The maximum Gasteiger partial charge on any atom is 0.217 e. The highest BCUT2D eigenvalue weighted by Crippen LogP contribution is 2.36. The molecule has 5 heteroatoms. The molecule has 1 aliphatic carbocycles. The molecular weight excluding hydrogens is 174 g/mol. The predicted octanol–water partition coefficient (Wildman–Crippen LogP) is -1.62. The van der Waals surface area contributed by atoms with Gasteiger partial charge in [0.1, 0.15) is 12.2 Å². The zero-order valence-electron chi connectivity index (χ0n) is 7.30. The molecule has 1 saturated heterocycles. The van der Waals surface area contributed by atoms with Gasteiger partial charge in [-0.3, -0.25) is 4.79 Å². The molecule has 0 aromatic heterocycles. The number of aliphatic hydroxyl groups is 2. The summed E-state index contributed by atoms with van der Waals surface area (Å²) in [4.78, 5) is 10.8. The average molecular weight is 187 g/mol. The normalized spacial score (nSPS) is 48.1. The minimum Gasteiger partial charge on any atom is -0.390 e. The summed E-state index contributed by atoms with van der Waals surface area (Å²) in [5.74, 6) is -0.215. The highest BCUT2D eigenvalue weighted by Gasteiger charge is 2.54. The quantitative estimate of drug-likeness (QED) is 0.431. The molecule has 1 amide bonds. The fraction of sp³-hybridized carbons (Fsp3) is 0.875. The second-order valence-electron chi connectivity index (χ2n) is 3.66. The molecule has 1 heterocycles. The van der Waals surface area contributed by atoms with E-state index in [0.717, 1.165) is 0 Å². The second kappa shape index (κ2) is 2.94. The van der Waals surface area contributed by atoms with Crippen molar-refractivity contribution in [1.29, 1.82) is 0 Å². The third kappa shape index (κ3) is 1.54. The van der Waals surface area contributed by atoms with Gasteiger partial charge in [-0.05, 0) is 0 Å². The molecule has 3 N–H and O–H groups in total. The summed E-state index contributed by atoms with van der Waals surface area (Å²) in [6.45, 7) is 1.38.